The molecule has 0 aromatic rings. The summed E-state index contributed by atoms with van der Waals surface area (Å²) in [5.41, 5.74) is 0. The Bertz CT molecular complexity index is 285. The van der Waals surface area contributed by atoms with Gasteiger partial charge in [0.15, 0.2) is 0 Å². The number of hydrogen-bond acceptors (Lipinski definition) is 1. The summed E-state index contributed by atoms with van der Waals surface area (Å²) in [6.07, 6.45) is 11.4. The normalized spacial score (nSPS) is 33.5. The minimum atomic E-state index is 0.416. The second-order valence-electron chi connectivity index (χ2n) is 6.33. The van der Waals surface area contributed by atoms with Gasteiger partial charge in [0.1, 0.15) is 0 Å². The Morgan fingerprint density at radius 3 is 1.88 bits per heavy atom. The van der Waals surface area contributed by atoms with Gasteiger partial charge in [0.05, 0.1) is 0 Å². The molecule has 0 aromatic carbocycles. The van der Waals surface area contributed by atoms with Gasteiger partial charge < -0.3 is 4.90 Å². The topological polar surface area (TPSA) is 20.3 Å². The van der Waals surface area contributed by atoms with Crippen LogP contribution in [0.5, 0.6) is 0 Å². The van der Waals surface area contributed by atoms with Crippen LogP contribution < -0.4 is 0 Å². The molecule has 0 atom stereocenters. The lowest BCUT2D eigenvalue weighted by Crippen LogP contribution is -2.44. The van der Waals surface area contributed by atoms with Crippen LogP contribution >= 0.6 is 0 Å². The molecule has 17 heavy (non-hydrogen) atoms. The van der Waals surface area contributed by atoms with Crippen molar-refractivity contribution in [2.75, 3.05) is 0 Å². The monoisotopic (exact) mass is 235 g/mol. The van der Waals surface area contributed by atoms with E-state index in [2.05, 4.69) is 11.8 Å². The third kappa shape index (κ3) is 2.51. The fourth-order valence-corrected chi connectivity index (χ4v) is 3.38. The molecule has 0 unspecified atom stereocenters. The van der Waals surface area contributed by atoms with E-state index in [1.54, 1.807) is 0 Å². The average molecular weight is 235 g/mol. The summed E-state index contributed by atoms with van der Waals surface area (Å²) in [7, 11) is 0. The summed E-state index contributed by atoms with van der Waals surface area (Å²) in [5.74, 6) is 1.86. The first-order valence-corrected chi connectivity index (χ1v) is 7.61. The van der Waals surface area contributed by atoms with E-state index in [-0.39, 0.29) is 0 Å². The number of carbonyl (C=O) groups is 1. The fourth-order valence-electron chi connectivity index (χ4n) is 3.38. The maximum absolute atomic E-state index is 12.4. The first-order chi connectivity index (χ1) is 8.29. The van der Waals surface area contributed by atoms with Crippen molar-refractivity contribution in [2.45, 2.75) is 76.8 Å². The summed E-state index contributed by atoms with van der Waals surface area (Å²) in [4.78, 5) is 14.7. The highest BCUT2D eigenvalue weighted by Crippen LogP contribution is 2.40. The largest absolute Gasteiger partial charge is 0.336 e. The summed E-state index contributed by atoms with van der Waals surface area (Å²) in [6, 6.07) is 1.23. The van der Waals surface area contributed by atoms with Gasteiger partial charge in [-0.25, -0.2) is 0 Å². The molecule has 0 radical (unpaired) electrons. The minimum absolute atomic E-state index is 0.416. The van der Waals surface area contributed by atoms with Gasteiger partial charge in [0.25, 0.3) is 0 Å². The van der Waals surface area contributed by atoms with Crippen molar-refractivity contribution in [1.29, 1.82) is 0 Å². The SMILES string of the molecule is CCC1CCC(N(C(=O)C2CC2)C2CC2)CC1. The Morgan fingerprint density at radius 2 is 1.47 bits per heavy atom. The minimum Gasteiger partial charge on any atom is -0.336 e. The molecule has 1 amide bonds. The van der Waals surface area contributed by atoms with Crippen LogP contribution in [0.25, 0.3) is 0 Å². The van der Waals surface area contributed by atoms with Crippen LogP contribution in [0.15, 0.2) is 0 Å². The highest BCUT2D eigenvalue weighted by atomic mass is 16.2. The first kappa shape index (κ1) is 11.6. The number of rotatable bonds is 4. The molecular formula is C15H25NO. The summed E-state index contributed by atoms with van der Waals surface area (Å²) < 4.78 is 0. The van der Waals surface area contributed by atoms with E-state index in [1.807, 2.05) is 0 Å². The van der Waals surface area contributed by atoms with Crippen molar-refractivity contribution in [3.8, 4) is 0 Å². The lowest BCUT2D eigenvalue weighted by Gasteiger charge is -2.37. The van der Waals surface area contributed by atoms with E-state index in [0.29, 0.717) is 23.9 Å². The molecule has 3 aliphatic carbocycles. The second kappa shape index (κ2) is 4.62. The highest BCUT2D eigenvalue weighted by Gasteiger charge is 2.43. The number of amides is 1. The smallest absolute Gasteiger partial charge is 0.226 e. The van der Waals surface area contributed by atoms with Gasteiger partial charge in [0, 0.05) is 18.0 Å². The molecule has 3 saturated carbocycles. The van der Waals surface area contributed by atoms with Gasteiger partial charge in [-0.3, -0.25) is 4.79 Å². The maximum Gasteiger partial charge on any atom is 0.226 e. The molecule has 3 aliphatic rings. The molecule has 2 heteroatoms. The molecule has 0 spiro atoms. The molecule has 0 bridgehead atoms. The molecule has 96 valence electrons. The summed E-state index contributed by atoms with van der Waals surface area (Å²) in [5, 5.41) is 0. The quantitative estimate of drug-likeness (QED) is 0.731. The Hall–Kier alpha value is -0.530. The van der Waals surface area contributed by atoms with E-state index < -0.39 is 0 Å². The molecule has 3 rings (SSSR count). The third-order valence-corrected chi connectivity index (χ3v) is 4.91. The molecule has 0 aliphatic heterocycles. The zero-order chi connectivity index (χ0) is 11.8. The summed E-state index contributed by atoms with van der Waals surface area (Å²) in [6.45, 7) is 2.30. The maximum atomic E-state index is 12.4. The van der Waals surface area contributed by atoms with Crippen LogP contribution in [-0.2, 0) is 4.79 Å². The van der Waals surface area contributed by atoms with E-state index in [9.17, 15) is 4.79 Å². The third-order valence-electron chi connectivity index (χ3n) is 4.91. The van der Waals surface area contributed by atoms with Gasteiger partial charge in [0.2, 0.25) is 5.91 Å². The van der Waals surface area contributed by atoms with Gasteiger partial charge in [-0.1, -0.05) is 13.3 Å². The van der Waals surface area contributed by atoms with Crippen LogP contribution in [0, 0.1) is 11.8 Å². The van der Waals surface area contributed by atoms with E-state index >= 15 is 0 Å². The Morgan fingerprint density at radius 1 is 0.941 bits per heavy atom. The lowest BCUT2D eigenvalue weighted by atomic mass is 9.83. The molecule has 3 fully saturated rings. The van der Waals surface area contributed by atoms with E-state index in [0.717, 1.165) is 18.8 Å². The fraction of sp³-hybridized carbons (Fsp3) is 0.933. The number of nitrogens with zero attached hydrogens (tertiary/aromatic N) is 1. The number of carbonyl (C=O) groups excluding carboxylic acids is 1. The van der Waals surface area contributed by atoms with Crippen molar-refractivity contribution in [2.24, 2.45) is 11.8 Å². The van der Waals surface area contributed by atoms with Crippen molar-refractivity contribution in [3.63, 3.8) is 0 Å². The van der Waals surface area contributed by atoms with Crippen LogP contribution in [0.3, 0.4) is 0 Å². The predicted octanol–water partition coefficient (Wildman–Crippen LogP) is 3.36. The average Bonchev–Trinajstić information content (AvgIpc) is 3.21. The molecular weight excluding hydrogens is 210 g/mol. The van der Waals surface area contributed by atoms with Gasteiger partial charge in [-0.2, -0.15) is 0 Å². The molecule has 0 N–H and O–H groups in total. The Kier molecular flexibility index (Phi) is 3.14. The second-order valence-corrected chi connectivity index (χ2v) is 6.33. The van der Waals surface area contributed by atoms with Crippen LogP contribution in [0.1, 0.15) is 64.7 Å². The van der Waals surface area contributed by atoms with Crippen LogP contribution in [0.4, 0.5) is 0 Å². The van der Waals surface area contributed by atoms with E-state index in [4.69, 9.17) is 0 Å². The predicted molar refractivity (Wildman–Crippen MR) is 68.6 cm³/mol. The molecule has 2 nitrogen and oxygen atoms in total. The zero-order valence-corrected chi connectivity index (χ0v) is 11.0. The summed E-state index contributed by atoms with van der Waals surface area (Å²) >= 11 is 0. The van der Waals surface area contributed by atoms with Crippen molar-refractivity contribution in [3.05, 3.63) is 0 Å². The highest BCUT2D eigenvalue weighted by molar-refractivity contribution is 5.82. The first-order valence-electron chi connectivity index (χ1n) is 7.61. The molecule has 0 heterocycles. The lowest BCUT2D eigenvalue weighted by molar-refractivity contribution is -0.136. The molecule has 0 aromatic heterocycles. The van der Waals surface area contributed by atoms with Crippen LogP contribution in [0.2, 0.25) is 0 Å². The van der Waals surface area contributed by atoms with Crippen LogP contribution in [-0.4, -0.2) is 22.9 Å². The van der Waals surface area contributed by atoms with E-state index in [1.165, 1.54) is 44.9 Å². The zero-order valence-electron chi connectivity index (χ0n) is 11.0. The van der Waals surface area contributed by atoms with Crippen molar-refractivity contribution < 1.29 is 4.79 Å². The molecule has 0 saturated heterocycles. The Labute approximate surface area is 105 Å². The number of hydrogen-bond donors (Lipinski definition) is 0. The van der Waals surface area contributed by atoms with Gasteiger partial charge in [-0.15, -0.1) is 0 Å². The standard InChI is InChI=1S/C15H25NO/c1-2-11-3-7-13(8-4-11)16(14-9-10-14)15(17)12-5-6-12/h11-14H,2-10H2,1H3. The Balaban J connectivity index is 1.61. The van der Waals surface area contributed by atoms with Crippen molar-refractivity contribution >= 4 is 5.91 Å². The van der Waals surface area contributed by atoms with Gasteiger partial charge in [-0.05, 0) is 57.3 Å². The van der Waals surface area contributed by atoms with Gasteiger partial charge >= 0.3 is 0 Å². The van der Waals surface area contributed by atoms with Crippen molar-refractivity contribution in [1.82, 2.24) is 4.90 Å².